The van der Waals surface area contributed by atoms with E-state index in [1.165, 1.54) is 4.90 Å². The number of rotatable bonds is 2. The average Bonchev–Trinajstić information content (AvgIpc) is 2.65. The van der Waals surface area contributed by atoms with Gasteiger partial charge in [0.2, 0.25) is 5.91 Å². The Labute approximate surface area is 159 Å². The van der Waals surface area contributed by atoms with Crippen LogP contribution in [-0.4, -0.2) is 23.8 Å². The van der Waals surface area contributed by atoms with Gasteiger partial charge in [-0.05, 0) is 54.7 Å². The molecular weight excluding hydrogens is 336 g/mol. The number of guanidine groups is 1. The maximum Gasteiger partial charge on any atom is 0.237 e. The first-order chi connectivity index (χ1) is 12.9. The molecule has 1 unspecified atom stereocenters. The maximum absolute atomic E-state index is 13.1. The van der Waals surface area contributed by atoms with Gasteiger partial charge < -0.3 is 5.32 Å². The number of hydrogen-bond donors (Lipinski definition) is 2. The fraction of sp³-hybridized carbons (Fsp3) is 0.318. The lowest BCUT2D eigenvalue weighted by molar-refractivity contribution is -0.153. The zero-order chi connectivity index (χ0) is 19.2. The van der Waals surface area contributed by atoms with Crippen LogP contribution in [0.1, 0.15) is 37.3 Å². The summed E-state index contributed by atoms with van der Waals surface area (Å²) in [6, 6.07) is 17.8. The van der Waals surface area contributed by atoms with Crippen LogP contribution in [0, 0.1) is 22.2 Å². The number of carbonyl (C=O) groups excluding carboxylic acids is 1. The van der Waals surface area contributed by atoms with Crippen molar-refractivity contribution < 1.29 is 4.79 Å². The number of carbonyl (C=O) groups is 1. The summed E-state index contributed by atoms with van der Waals surface area (Å²) in [5.74, 6) is 0.161. The number of amides is 1. The first-order valence-corrected chi connectivity index (χ1v) is 9.17. The van der Waals surface area contributed by atoms with Crippen molar-refractivity contribution in [3.8, 4) is 17.2 Å². The van der Waals surface area contributed by atoms with Crippen LogP contribution in [0.3, 0.4) is 0 Å². The molecule has 5 nitrogen and oxygen atoms in total. The van der Waals surface area contributed by atoms with Crippen molar-refractivity contribution >= 4 is 11.9 Å². The van der Waals surface area contributed by atoms with Crippen LogP contribution in [0.5, 0.6) is 0 Å². The summed E-state index contributed by atoms with van der Waals surface area (Å²) in [6.45, 7) is 2.04. The lowest BCUT2D eigenvalue weighted by Gasteiger charge is -2.58. The van der Waals surface area contributed by atoms with Crippen molar-refractivity contribution in [1.29, 1.82) is 10.7 Å². The standard InChI is InChI=1S/C22H22N4O/c1-21(22(10-5-11-22)19(27)26(2)20(24)25-21)18-9-4-8-17(13-18)16-7-3-6-15(12-16)14-23/h3-4,6-9,12-13H,5,10-11H2,1-2H3,(H2,24,25). The quantitative estimate of drug-likeness (QED) is 0.861. The molecule has 2 fully saturated rings. The summed E-state index contributed by atoms with van der Waals surface area (Å²) in [5, 5.41) is 20.7. The molecule has 1 saturated heterocycles. The van der Waals surface area contributed by atoms with Crippen molar-refractivity contribution in [1.82, 2.24) is 10.2 Å². The second-order valence-electron chi connectivity index (χ2n) is 7.67. The summed E-state index contributed by atoms with van der Waals surface area (Å²) in [7, 11) is 1.67. The zero-order valence-corrected chi connectivity index (χ0v) is 15.5. The highest BCUT2D eigenvalue weighted by molar-refractivity contribution is 6.02. The van der Waals surface area contributed by atoms with Crippen LogP contribution in [0.25, 0.3) is 11.1 Å². The monoisotopic (exact) mass is 358 g/mol. The predicted molar refractivity (Wildman–Crippen MR) is 104 cm³/mol. The Morgan fingerprint density at radius 1 is 1.15 bits per heavy atom. The van der Waals surface area contributed by atoms with Gasteiger partial charge in [0.05, 0.1) is 22.6 Å². The number of benzene rings is 2. The molecule has 1 spiro atoms. The van der Waals surface area contributed by atoms with Gasteiger partial charge in [-0.1, -0.05) is 36.8 Å². The zero-order valence-electron chi connectivity index (χ0n) is 15.5. The van der Waals surface area contributed by atoms with Crippen molar-refractivity contribution in [3.63, 3.8) is 0 Å². The normalized spacial score (nSPS) is 23.5. The average molecular weight is 358 g/mol. The third-order valence-corrected chi connectivity index (χ3v) is 6.35. The number of nitriles is 1. The summed E-state index contributed by atoms with van der Waals surface area (Å²) < 4.78 is 0. The second kappa shape index (κ2) is 5.95. The Morgan fingerprint density at radius 3 is 2.44 bits per heavy atom. The van der Waals surface area contributed by atoms with E-state index in [-0.39, 0.29) is 11.9 Å². The van der Waals surface area contributed by atoms with Gasteiger partial charge in [0.1, 0.15) is 0 Å². The van der Waals surface area contributed by atoms with Gasteiger partial charge in [-0.15, -0.1) is 0 Å². The molecule has 5 heteroatoms. The van der Waals surface area contributed by atoms with E-state index in [0.717, 1.165) is 36.0 Å². The molecule has 1 heterocycles. The number of nitrogens with zero attached hydrogens (tertiary/aromatic N) is 2. The fourth-order valence-electron chi connectivity index (χ4n) is 4.45. The number of nitrogens with one attached hydrogen (secondary N) is 2. The Kier molecular flexibility index (Phi) is 3.81. The molecule has 1 aliphatic carbocycles. The molecule has 2 aromatic carbocycles. The van der Waals surface area contributed by atoms with Crippen molar-refractivity contribution in [3.05, 3.63) is 59.7 Å². The lowest BCUT2D eigenvalue weighted by atomic mass is 9.54. The molecule has 2 aromatic rings. The lowest BCUT2D eigenvalue weighted by Crippen LogP contribution is -2.71. The minimum absolute atomic E-state index is 0.0249. The maximum atomic E-state index is 13.1. The molecule has 0 bridgehead atoms. The van der Waals surface area contributed by atoms with Crippen molar-refractivity contribution in [2.24, 2.45) is 5.41 Å². The third-order valence-electron chi connectivity index (χ3n) is 6.35. The van der Waals surface area contributed by atoms with E-state index < -0.39 is 11.0 Å². The largest absolute Gasteiger partial charge is 0.346 e. The molecule has 27 heavy (non-hydrogen) atoms. The first kappa shape index (κ1) is 17.3. The minimum atomic E-state index is -0.630. The Balaban J connectivity index is 1.82. The van der Waals surface area contributed by atoms with Gasteiger partial charge in [0.25, 0.3) is 0 Å². The van der Waals surface area contributed by atoms with Gasteiger partial charge in [-0.3, -0.25) is 15.1 Å². The van der Waals surface area contributed by atoms with Crippen LogP contribution in [0.4, 0.5) is 0 Å². The van der Waals surface area contributed by atoms with E-state index in [2.05, 4.69) is 17.5 Å². The van der Waals surface area contributed by atoms with E-state index in [4.69, 9.17) is 5.41 Å². The Bertz CT molecular complexity index is 986. The topological polar surface area (TPSA) is 80.0 Å². The highest BCUT2D eigenvalue weighted by Gasteiger charge is 2.62. The van der Waals surface area contributed by atoms with E-state index in [1.807, 2.05) is 43.3 Å². The molecule has 1 atom stereocenters. The van der Waals surface area contributed by atoms with Crippen LogP contribution in [0.2, 0.25) is 0 Å². The molecule has 4 rings (SSSR count). The molecule has 0 radical (unpaired) electrons. The Morgan fingerprint density at radius 2 is 1.81 bits per heavy atom. The summed E-state index contributed by atoms with van der Waals surface area (Å²) >= 11 is 0. The molecule has 1 saturated carbocycles. The summed E-state index contributed by atoms with van der Waals surface area (Å²) in [6.07, 6.45) is 2.66. The fourth-order valence-corrected chi connectivity index (χ4v) is 4.45. The van der Waals surface area contributed by atoms with Gasteiger partial charge in [-0.25, -0.2) is 0 Å². The van der Waals surface area contributed by atoms with E-state index in [0.29, 0.717) is 5.56 Å². The summed E-state index contributed by atoms with van der Waals surface area (Å²) in [5.41, 5.74) is 2.44. The minimum Gasteiger partial charge on any atom is -0.346 e. The van der Waals surface area contributed by atoms with Crippen LogP contribution in [0.15, 0.2) is 48.5 Å². The van der Waals surface area contributed by atoms with Crippen LogP contribution >= 0.6 is 0 Å². The number of hydrogen-bond acceptors (Lipinski definition) is 3. The van der Waals surface area contributed by atoms with E-state index >= 15 is 0 Å². The second-order valence-corrected chi connectivity index (χ2v) is 7.67. The SMILES string of the molecule is CN1C(=N)NC(C)(c2cccc(-c3cccc(C#N)c3)c2)C2(CCC2)C1=O. The third kappa shape index (κ3) is 2.37. The highest BCUT2D eigenvalue weighted by atomic mass is 16.2. The van der Waals surface area contributed by atoms with Crippen LogP contribution in [-0.2, 0) is 10.3 Å². The van der Waals surface area contributed by atoms with Gasteiger partial charge in [-0.2, -0.15) is 5.26 Å². The van der Waals surface area contributed by atoms with Crippen LogP contribution < -0.4 is 5.32 Å². The van der Waals surface area contributed by atoms with Gasteiger partial charge in [0, 0.05) is 7.05 Å². The first-order valence-electron chi connectivity index (χ1n) is 9.17. The van der Waals surface area contributed by atoms with E-state index in [9.17, 15) is 10.1 Å². The van der Waals surface area contributed by atoms with E-state index in [1.54, 1.807) is 13.1 Å². The Hall–Kier alpha value is -3.13. The molecule has 1 aliphatic heterocycles. The summed E-state index contributed by atoms with van der Waals surface area (Å²) in [4.78, 5) is 14.5. The molecule has 2 aliphatic rings. The molecule has 136 valence electrons. The van der Waals surface area contributed by atoms with Crippen molar-refractivity contribution in [2.45, 2.75) is 31.7 Å². The smallest absolute Gasteiger partial charge is 0.237 e. The molecule has 1 amide bonds. The molecule has 0 aromatic heterocycles. The van der Waals surface area contributed by atoms with Gasteiger partial charge >= 0.3 is 0 Å². The predicted octanol–water partition coefficient (Wildman–Crippen LogP) is 3.61. The molecule has 2 N–H and O–H groups in total. The highest BCUT2D eigenvalue weighted by Crippen LogP contribution is 2.56. The van der Waals surface area contributed by atoms with Gasteiger partial charge in [0.15, 0.2) is 5.96 Å². The van der Waals surface area contributed by atoms with Crippen molar-refractivity contribution in [2.75, 3.05) is 7.05 Å². The molecular formula is C22H22N4O.